The van der Waals surface area contributed by atoms with Gasteiger partial charge in [0.15, 0.2) is 4.77 Å². The Morgan fingerprint density at radius 1 is 1.53 bits per heavy atom. The van der Waals surface area contributed by atoms with Crippen LogP contribution in [0.3, 0.4) is 0 Å². The van der Waals surface area contributed by atoms with Crippen molar-refractivity contribution in [2.24, 2.45) is 0 Å². The van der Waals surface area contributed by atoms with E-state index < -0.39 is 0 Å². The van der Waals surface area contributed by atoms with Gasteiger partial charge in [-0.1, -0.05) is 11.6 Å². The summed E-state index contributed by atoms with van der Waals surface area (Å²) in [5.41, 5.74) is 0.527. The Kier molecular flexibility index (Phi) is 3.61. The van der Waals surface area contributed by atoms with Crippen molar-refractivity contribution in [2.75, 3.05) is 13.7 Å². The van der Waals surface area contributed by atoms with Crippen LogP contribution >= 0.6 is 23.8 Å². The molecule has 0 aliphatic heterocycles. The van der Waals surface area contributed by atoms with Crippen molar-refractivity contribution in [3.63, 3.8) is 0 Å². The monoisotopic (exact) mass is 270 g/mol. The van der Waals surface area contributed by atoms with Crippen molar-refractivity contribution in [2.45, 2.75) is 6.54 Å². The second kappa shape index (κ2) is 5.00. The molecule has 0 fully saturated rings. The van der Waals surface area contributed by atoms with E-state index in [1.807, 2.05) is 0 Å². The van der Waals surface area contributed by atoms with Crippen molar-refractivity contribution < 1.29 is 4.74 Å². The topological polar surface area (TPSA) is 47.0 Å². The average molecular weight is 271 g/mol. The number of nitrogens with zero attached hydrogens (tertiary/aromatic N) is 1. The third kappa shape index (κ3) is 2.41. The lowest BCUT2D eigenvalue weighted by atomic mass is 10.2. The Hall–Kier alpha value is -1.17. The molecule has 0 atom stereocenters. The van der Waals surface area contributed by atoms with Crippen LogP contribution in [0.1, 0.15) is 0 Å². The van der Waals surface area contributed by atoms with E-state index in [1.165, 1.54) is 4.57 Å². The molecule has 1 heterocycles. The molecule has 17 heavy (non-hydrogen) atoms. The lowest BCUT2D eigenvalue weighted by Crippen LogP contribution is -2.24. The number of hydrogen-bond acceptors (Lipinski definition) is 3. The van der Waals surface area contributed by atoms with Crippen LogP contribution in [0.2, 0.25) is 5.02 Å². The minimum absolute atomic E-state index is 0.127. The fourth-order valence-corrected chi connectivity index (χ4v) is 2.07. The minimum atomic E-state index is -0.127. The standard InChI is InChI=1S/C11H11ClN2O2S/c1-16-5-4-14-10(15)8-3-2-7(12)6-9(8)13-11(14)17/h2-3,6H,4-5H2,1H3,(H,13,17). The number of nitrogens with one attached hydrogen (secondary N) is 1. The molecule has 6 heteroatoms. The molecule has 2 aromatic rings. The molecule has 1 N–H and O–H groups in total. The highest BCUT2D eigenvalue weighted by Gasteiger charge is 2.05. The molecular weight excluding hydrogens is 260 g/mol. The van der Waals surface area contributed by atoms with Gasteiger partial charge in [0.05, 0.1) is 24.1 Å². The van der Waals surface area contributed by atoms with Crippen molar-refractivity contribution in [1.82, 2.24) is 9.55 Å². The van der Waals surface area contributed by atoms with Gasteiger partial charge in [-0.25, -0.2) is 0 Å². The second-order valence-electron chi connectivity index (χ2n) is 3.57. The van der Waals surface area contributed by atoms with Crippen molar-refractivity contribution in [3.8, 4) is 0 Å². The number of benzene rings is 1. The number of aromatic nitrogens is 2. The smallest absolute Gasteiger partial charge is 0.262 e. The van der Waals surface area contributed by atoms with Crippen LogP contribution in [0.15, 0.2) is 23.0 Å². The third-order valence-electron chi connectivity index (χ3n) is 2.46. The summed E-state index contributed by atoms with van der Waals surface area (Å²) in [6, 6.07) is 5.06. The van der Waals surface area contributed by atoms with Gasteiger partial charge in [0, 0.05) is 12.1 Å². The van der Waals surface area contributed by atoms with E-state index in [0.29, 0.717) is 33.8 Å². The highest BCUT2D eigenvalue weighted by atomic mass is 35.5. The summed E-state index contributed by atoms with van der Waals surface area (Å²) in [5, 5.41) is 1.14. The number of halogens is 1. The maximum absolute atomic E-state index is 12.1. The number of rotatable bonds is 3. The summed E-state index contributed by atoms with van der Waals surface area (Å²) < 4.78 is 6.80. The summed E-state index contributed by atoms with van der Waals surface area (Å²) >= 11 is 11.0. The molecule has 0 aliphatic rings. The van der Waals surface area contributed by atoms with E-state index in [9.17, 15) is 4.79 Å². The van der Waals surface area contributed by atoms with Gasteiger partial charge in [-0.05, 0) is 30.4 Å². The Morgan fingerprint density at radius 2 is 2.29 bits per heavy atom. The van der Waals surface area contributed by atoms with Gasteiger partial charge in [-0.15, -0.1) is 0 Å². The fourth-order valence-electron chi connectivity index (χ4n) is 1.61. The van der Waals surface area contributed by atoms with E-state index in [4.69, 9.17) is 28.6 Å². The van der Waals surface area contributed by atoms with Crippen LogP contribution in [-0.4, -0.2) is 23.3 Å². The van der Waals surface area contributed by atoms with Gasteiger partial charge in [-0.2, -0.15) is 0 Å². The third-order valence-corrected chi connectivity index (χ3v) is 3.02. The highest BCUT2D eigenvalue weighted by Crippen LogP contribution is 2.14. The normalized spacial score (nSPS) is 10.9. The average Bonchev–Trinajstić information content (AvgIpc) is 2.28. The van der Waals surface area contributed by atoms with Crippen molar-refractivity contribution >= 4 is 34.7 Å². The predicted molar refractivity (Wildman–Crippen MR) is 70.3 cm³/mol. The number of ether oxygens (including phenoxy) is 1. The van der Waals surface area contributed by atoms with E-state index >= 15 is 0 Å². The summed E-state index contributed by atoms with van der Waals surface area (Å²) in [5.74, 6) is 0. The molecule has 0 saturated heterocycles. The fraction of sp³-hybridized carbons (Fsp3) is 0.273. The first-order chi connectivity index (χ1) is 8.13. The predicted octanol–water partition coefficient (Wildman–Crippen LogP) is 2.36. The number of methoxy groups -OCH3 is 1. The molecule has 1 aromatic heterocycles. The lowest BCUT2D eigenvalue weighted by molar-refractivity contribution is 0.185. The molecular formula is C11H11ClN2O2S. The minimum Gasteiger partial charge on any atom is -0.383 e. The first-order valence-electron chi connectivity index (χ1n) is 5.05. The SMILES string of the molecule is COCCn1c(=S)[nH]c2cc(Cl)ccc2c1=O. The van der Waals surface area contributed by atoms with Crippen LogP contribution in [0.25, 0.3) is 10.9 Å². The Balaban J connectivity index is 2.68. The molecule has 0 amide bonds. The number of fused-ring (bicyclic) bond motifs is 1. The second-order valence-corrected chi connectivity index (χ2v) is 4.39. The van der Waals surface area contributed by atoms with Crippen LogP contribution in [-0.2, 0) is 11.3 Å². The zero-order valence-electron chi connectivity index (χ0n) is 9.20. The van der Waals surface area contributed by atoms with Gasteiger partial charge in [0.25, 0.3) is 5.56 Å². The molecule has 2 rings (SSSR count). The number of aromatic amines is 1. The number of hydrogen-bond donors (Lipinski definition) is 1. The summed E-state index contributed by atoms with van der Waals surface area (Å²) in [6.45, 7) is 0.875. The Labute approximate surface area is 108 Å². The van der Waals surface area contributed by atoms with Gasteiger partial charge in [0.2, 0.25) is 0 Å². The van der Waals surface area contributed by atoms with E-state index in [-0.39, 0.29) is 5.56 Å². The molecule has 0 radical (unpaired) electrons. The molecule has 90 valence electrons. The zero-order chi connectivity index (χ0) is 12.4. The molecule has 4 nitrogen and oxygen atoms in total. The maximum atomic E-state index is 12.1. The van der Waals surface area contributed by atoms with Crippen LogP contribution in [0, 0.1) is 4.77 Å². The molecule has 0 aliphatic carbocycles. The van der Waals surface area contributed by atoms with E-state index in [1.54, 1.807) is 25.3 Å². The van der Waals surface area contributed by atoms with Gasteiger partial charge in [0.1, 0.15) is 0 Å². The van der Waals surface area contributed by atoms with E-state index in [2.05, 4.69) is 4.98 Å². The van der Waals surface area contributed by atoms with E-state index in [0.717, 1.165) is 0 Å². The van der Waals surface area contributed by atoms with Gasteiger partial charge in [-0.3, -0.25) is 9.36 Å². The first kappa shape index (κ1) is 12.3. The summed E-state index contributed by atoms with van der Waals surface area (Å²) in [7, 11) is 1.58. The number of H-pyrrole nitrogens is 1. The zero-order valence-corrected chi connectivity index (χ0v) is 10.8. The molecule has 0 unspecified atom stereocenters. The largest absolute Gasteiger partial charge is 0.383 e. The Morgan fingerprint density at radius 3 is 3.00 bits per heavy atom. The maximum Gasteiger partial charge on any atom is 0.262 e. The quantitative estimate of drug-likeness (QED) is 0.871. The molecule has 0 spiro atoms. The van der Waals surface area contributed by atoms with Gasteiger partial charge >= 0.3 is 0 Å². The van der Waals surface area contributed by atoms with Crippen LogP contribution in [0.5, 0.6) is 0 Å². The summed E-state index contributed by atoms with van der Waals surface area (Å²) in [4.78, 5) is 15.1. The van der Waals surface area contributed by atoms with Gasteiger partial charge < -0.3 is 9.72 Å². The highest BCUT2D eigenvalue weighted by molar-refractivity contribution is 7.71. The first-order valence-corrected chi connectivity index (χ1v) is 5.83. The van der Waals surface area contributed by atoms with Crippen molar-refractivity contribution in [3.05, 3.63) is 38.3 Å². The van der Waals surface area contributed by atoms with Crippen LogP contribution in [0.4, 0.5) is 0 Å². The van der Waals surface area contributed by atoms with Crippen molar-refractivity contribution in [1.29, 1.82) is 0 Å². The molecule has 0 saturated carbocycles. The molecule has 1 aromatic carbocycles. The van der Waals surface area contributed by atoms with Crippen LogP contribution < -0.4 is 5.56 Å². The summed E-state index contributed by atoms with van der Waals surface area (Å²) in [6.07, 6.45) is 0. The Bertz CT molecular complexity index is 663. The lowest BCUT2D eigenvalue weighted by Gasteiger charge is -2.07. The molecule has 0 bridgehead atoms.